The minimum Gasteiger partial charge on any atom is -0.342 e. The van der Waals surface area contributed by atoms with Crippen LogP contribution in [0.15, 0.2) is 0 Å². The fraction of sp³-hybridized carbons (Fsp3) is 0.909. The second kappa shape index (κ2) is 6.05. The molecule has 0 N–H and O–H groups in total. The molecule has 17 heavy (non-hydrogen) atoms. The summed E-state index contributed by atoms with van der Waals surface area (Å²) in [5, 5.41) is 0. The molecule has 0 saturated carbocycles. The Morgan fingerprint density at radius 1 is 1.41 bits per heavy atom. The van der Waals surface area contributed by atoms with E-state index in [1.54, 1.807) is 4.90 Å². The third kappa shape index (κ3) is 4.84. The average molecular weight is 282 g/mol. The van der Waals surface area contributed by atoms with Crippen molar-refractivity contribution in [1.29, 1.82) is 0 Å². The molecule has 6 heteroatoms. The zero-order chi connectivity index (χ0) is 13.1. The molecular weight excluding hydrogens is 262 g/mol. The van der Waals surface area contributed by atoms with Crippen molar-refractivity contribution in [2.45, 2.75) is 33.1 Å². The molecule has 1 saturated heterocycles. The first-order valence-electron chi connectivity index (χ1n) is 6.05. The van der Waals surface area contributed by atoms with E-state index in [1.165, 1.54) is 0 Å². The molecule has 0 bridgehead atoms. The van der Waals surface area contributed by atoms with Gasteiger partial charge in [0.2, 0.25) is 15.0 Å². The first kappa shape index (κ1) is 14.8. The number of rotatable bonds is 6. The van der Waals surface area contributed by atoms with Gasteiger partial charge in [-0.1, -0.05) is 26.7 Å². The lowest BCUT2D eigenvalue weighted by Crippen LogP contribution is -2.31. The van der Waals surface area contributed by atoms with Gasteiger partial charge in [0.15, 0.2) is 0 Å². The maximum atomic E-state index is 11.7. The van der Waals surface area contributed by atoms with Gasteiger partial charge in [-0.2, -0.15) is 0 Å². The number of likely N-dealkylation sites (tertiary alicyclic amines) is 1. The van der Waals surface area contributed by atoms with Crippen LogP contribution in [0.5, 0.6) is 0 Å². The summed E-state index contributed by atoms with van der Waals surface area (Å²) in [6, 6.07) is 0. The van der Waals surface area contributed by atoms with Crippen LogP contribution in [0.25, 0.3) is 0 Å². The molecule has 1 fully saturated rings. The highest BCUT2D eigenvalue weighted by molar-refractivity contribution is 8.13. The molecule has 1 heterocycles. The van der Waals surface area contributed by atoms with Crippen molar-refractivity contribution >= 4 is 25.6 Å². The molecule has 0 aromatic carbocycles. The van der Waals surface area contributed by atoms with Crippen molar-refractivity contribution in [3.63, 3.8) is 0 Å². The van der Waals surface area contributed by atoms with Crippen molar-refractivity contribution in [3.05, 3.63) is 0 Å². The van der Waals surface area contributed by atoms with Crippen molar-refractivity contribution in [1.82, 2.24) is 4.90 Å². The second-order valence-electron chi connectivity index (χ2n) is 4.76. The van der Waals surface area contributed by atoms with Crippen LogP contribution in [0.4, 0.5) is 0 Å². The number of amides is 1. The van der Waals surface area contributed by atoms with Gasteiger partial charge in [-0.05, 0) is 5.92 Å². The lowest BCUT2D eigenvalue weighted by molar-refractivity contribution is -0.128. The lowest BCUT2D eigenvalue weighted by atomic mass is 10.0. The summed E-state index contributed by atoms with van der Waals surface area (Å²) in [5.41, 5.74) is 0. The molecule has 1 unspecified atom stereocenters. The number of hydrogen-bond acceptors (Lipinski definition) is 3. The highest BCUT2D eigenvalue weighted by Gasteiger charge is 2.32. The van der Waals surface area contributed by atoms with E-state index in [2.05, 4.69) is 13.8 Å². The summed E-state index contributed by atoms with van der Waals surface area (Å²) in [6.07, 6.45) is 2.39. The molecule has 1 amide bonds. The van der Waals surface area contributed by atoms with Crippen LogP contribution in [0, 0.1) is 11.8 Å². The molecule has 0 spiro atoms. The van der Waals surface area contributed by atoms with E-state index in [-0.39, 0.29) is 17.6 Å². The van der Waals surface area contributed by atoms with Gasteiger partial charge < -0.3 is 4.90 Å². The molecule has 0 aromatic rings. The van der Waals surface area contributed by atoms with E-state index in [0.29, 0.717) is 18.9 Å². The van der Waals surface area contributed by atoms with Gasteiger partial charge in [-0.25, -0.2) is 8.42 Å². The molecule has 1 atom stereocenters. The standard InChI is InChI=1S/C11H20ClNO3S/c1-3-9(4-2)6-13-7-10(5-11(13)14)8-17(12,15)16/h9-10H,3-8H2,1-2H3. The van der Waals surface area contributed by atoms with Crippen molar-refractivity contribution in [2.24, 2.45) is 11.8 Å². The van der Waals surface area contributed by atoms with E-state index >= 15 is 0 Å². The second-order valence-corrected chi connectivity index (χ2v) is 7.58. The van der Waals surface area contributed by atoms with E-state index in [9.17, 15) is 13.2 Å². The fourth-order valence-corrected chi connectivity index (χ4v) is 3.60. The SMILES string of the molecule is CCC(CC)CN1CC(CS(=O)(=O)Cl)CC1=O. The first-order valence-corrected chi connectivity index (χ1v) is 8.53. The van der Waals surface area contributed by atoms with Crippen molar-refractivity contribution < 1.29 is 13.2 Å². The van der Waals surface area contributed by atoms with Crippen LogP contribution in [0.1, 0.15) is 33.1 Å². The fourth-order valence-electron chi connectivity index (χ4n) is 2.28. The number of carbonyl (C=O) groups is 1. The Labute approximate surface area is 108 Å². The number of hydrogen-bond donors (Lipinski definition) is 0. The Morgan fingerprint density at radius 2 is 2.00 bits per heavy atom. The predicted molar refractivity (Wildman–Crippen MR) is 68.4 cm³/mol. The van der Waals surface area contributed by atoms with Crippen LogP contribution in [-0.4, -0.2) is 38.1 Å². The van der Waals surface area contributed by atoms with Gasteiger partial charge in [-0.15, -0.1) is 0 Å². The number of halogens is 1. The quantitative estimate of drug-likeness (QED) is 0.698. The Balaban J connectivity index is 2.52. The Morgan fingerprint density at radius 3 is 2.47 bits per heavy atom. The third-order valence-corrected chi connectivity index (χ3v) is 4.61. The van der Waals surface area contributed by atoms with Gasteiger partial charge in [-0.3, -0.25) is 4.79 Å². The van der Waals surface area contributed by atoms with Gasteiger partial charge in [0.1, 0.15) is 0 Å². The molecule has 0 radical (unpaired) electrons. The maximum Gasteiger partial charge on any atom is 0.232 e. The van der Waals surface area contributed by atoms with Gasteiger partial charge in [0.05, 0.1) is 5.75 Å². The third-order valence-electron chi connectivity index (χ3n) is 3.36. The lowest BCUT2D eigenvalue weighted by Gasteiger charge is -2.22. The van der Waals surface area contributed by atoms with Gasteiger partial charge in [0, 0.05) is 36.1 Å². The Bertz CT molecular complexity index is 365. The molecule has 1 rings (SSSR count). The zero-order valence-corrected chi connectivity index (χ0v) is 11.9. The van der Waals surface area contributed by atoms with Crippen LogP contribution in [0.3, 0.4) is 0 Å². The monoisotopic (exact) mass is 281 g/mol. The summed E-state index contributed by atoms with van der Waals surface area (Å²) in [5.74, 6) is 0.326. The maximum absolute atomic E-state index is 11.7. The number of nitrogens with zero attached hydrogens (tertiary/aromatic N) is 1. The van der Waals surface area contributed by atoms with Crippen LogP contribution >= 0.6 is 10.7 Å². The molecular formula is C11H20ClNO3S. The summed E-state index contributed by atoms with van der Waals surface area (Å²) in [7, 11) is 1.71. The van der Waals surface area contributed by atoms with Gasteiger partial charge >= 0.3 is 0 Å². The van der Waals surface area contributed by atoms with E-state index in [1.807, 2.05) is 0 Å². The molecule has 4 nitrogen and oxygen atoms in total. The smallest absolute Gasteiger partial charge is 0.232 e. The highest BCUT2D eigenvalue weighted by atomic mass is 35.7. The van der Waals surface area contributed by atoms with Crippen molar-refractivity contribution in [3.8, 4) is 0 Å². The van der Waals surface area contributed by atoms with Crippen LogP contribution in [-0.2, 0) is 13.8 Å². The predicted octanol–water partition coefficient (Wildman–Crippen LogP) is 1.84. The van der Waals surface area contributed by atoms with E-state index < -0.39 is 9.05 Å². The van der Waals surface area contributed by atoms with Crippen LogP contribution < -0.4 is 0 Å². The zero-order valence-electron chi connectivity index (χ0n) is 10.4. The minimum atomic E-state index is -3.50. The first-order chi connectivity index (χ1) is 7.85. The van der Waals surface area contributed by atoms with E-state index in [4.69, 9.17) is 10.7 Å². The van der Waals surface area contributed by atoms with E-state index in [0.717, 1.165) is 19.4 Å². The Kier molecular flexibility index (Phi) is 5.25. The normalized spacial score (nSPS) is 21.5. The topological polar surface area (TPSA) is 54.5 Å². The summed E-state index contributed by atoms with van der Waals surface area (Å²) < 4.78 is 21.9. The molecule has 1 aliphatic rings. The largest absolute Gasteiger partial charge is 0.342 e. The van der Waals surface area contributed by atoms with Crippen molar-refractivity contribution in [2.75, 3.05) is 18.8 Å². The number of carbonyl (C=O) groups excluding carboxylic acids is 1. The molecule has 100 valence electrons. The average Bonchev–Trinajstić information content (AvgIpc) is 2.52. The van der Waals surface area contributed by atoms with Gasteiger partial charge in [0.25, 0.3) is 0 Å². The molecule has 0 aliphatic carbocycles. The minimum absolute atomic E-state index is 0.0576. The highest BCUT2D eigenvalue weighted by Crippen LogP contribution is 2.23. The molecule has 0 aromatic heterocycles. The molecule has 1 aliphatic heterocycles. The summed E-state index contributed by atoms with van der Waals surface area (Å²) in [6.45, 7) is 5.48. The Hall–Kier alpha value is -0.290. The summed E-state index contributed by atoms with van der Waals surface area (Å²) in [4.78, 5) is 13.5. The summed E-state index contributed by atoms with van der Waals surface area (Å²) >= 11 is 0. The van der Waals surface area contributed by atoms with Crippen LogP contribution in [0.2, 0.25) is 0 Å².